The number of hydrogen-bond donors (Lipinski definition) is 1. The molecule has 6 heteroatoms. The number of rotatable bonds is 7. The van der Waals surface area contributed by atoms with Crippen LogP contribution in [0.25, 0.3) is 0 Å². The van der Waals surface area contributed by atoms with E-state index in [9.17, 15) is 9.59 Å². The minimum Gasteiger partial charge on any atom is -0.493 e. The minimum absolute atomic E-state index is 0.131. The summed E-state index contributed by atoms with van der Waals surface area (Å²) in [7, 11) is 1.49. The van der Waals surface area contributed by atoms with Crippen molar-refractivity contribution >= 4 is 29.0 Å². The molecule has 5 nitrogen and oxygen atoms in total. The monoisotopic (exact) mass is 375 g/mol. The van der Waals surface area contributed by atoms with Gasteiger partial charge in [-0.1, -0.05) is 37.6 Å². The van der Waals surface area contributed by atoms with E-state index in [0.717, 1.165) is 0 Å². The van der Waals surface area contributed by atoms with Gasteiger partial charge in [0.05, 0.1) is 24.4 Å². The Morgan fingerprint density at radius 3 is 2.50 bits per heavy atom. The van der Waals surface area contributed by atoms with Gasteiger partial charge < -0.3 is 14.8 Å². The van der Waals surface area contributed by atoms with Crippen molar-refractivity contribution in [1.82, 2.24) is 0 Å². The highest BCUT2D eigenvalue weighted by Crippen LogP contribution is 2.37. The van der Waals surface area contributed by atoms with Crippen LogP contribution in [-0.4, -0.2) is 25.4 Å². The van der Waals surface area contributed by atoms with E-state index in [4.69, 9.17) is 21.1 Å². The maximum absolute atomic E-state index is 12.6. The smallest absolute Gasteiger partial charge is 0.255 e. The lowest BCUT2D eigenvalue weighted by Crippen LogP contribution is -2.15. The highest BCUT2D eigenvalue weighted by Gasteiger charge is 2.17. The van der Waals surface area contributed by atoms with Crippen molar-refractivity contribution in [3.05, 3.63) is 52.5 Å². The summed E-state index contributed by atoms with van der Waals surface area (Å²) in [6.45, 7) is 5.97. The molecule has 0 aliphatic heterocycles. The zero-order chi connectivity index (χ0) is 19.3. The Hall–Kier alpha value is -2.53. The SMILES string of the molecule is COc1cc(C(=O)Nc2ccccc2C(C)=O)cc(Cl)c1OCC(C)C. The number of anilines is 1. The molecule has 0 atom stereocenters. The van der Waals surface area contributed by atoms with E-state index in [1.54, 1.807) is 30.3 Å². The molecule has 1 amide bonds. The molecule has 0 unspecified atom stereocenters. The molecule has 0 heterocycles. The normalized spacial score (nSPS) is 10.5. The lowest BCUT2D eigenvalue weighted by atomic mass is 10.1. The maximum atomic E-state index is 12.6. The van der Waals surface area contributed by atoms with E-state index in [2.05, 4.69) is 5.32 Å². The van der Waals surface area contributed by atoms with Crippen LogP contribution in [0.2, 0.25) is 5.02 Å². The number of Topliss-reactive ketones (excluding diaryl/α,β-unsaturated/α-hetero) is 1. The molecule has 0 saturated heterocycles. The lowest BCUT2D eigenvalue weighted by Gasteiger charge is -2.15. The molecule has 0 aliphatic rings. The van der Waals surface area contributed by atoms with Gasteiger partial charge in [0.1, 0.15) is 0 Å². The summed E-state index contributed by atoms with van der Waals surface area (Å²) >= 11 is 6.29. The van der Waals surface area contributed by atoms with E-state index in [1.165, 1.54) is 20.1 Å². The van der Waals surface area contributed by atoms with Crippen LogP contribution in [0.1, 0.15) is 41.5 Å². The van der Waals surface area contributed by atoms with E-state index >= 15 is 0 Å². The second-order valence-corrected chi connectivity index (χ2v) is 6.66. The molecule has 0 spiro atoms. The Labute approximate surface area is 158 Å². The van der Waals surface area contributed by atoms with Crippen molar-refractivity contribution in [3.8, 4) is 11.5 Å². The molecule has 26 heavy (non-hydrogen) atoms. The summed E-state index contributed by atoms with van der Waals surface area (Å²) in [5.74, 6) is 0.580. The fourth-order valence-corrected chi connectivity index (χ4v) is 2.60. The first-order valence-corrected chi connectivity index (χ1v) is 8.63. The summed E-state index contributed by atoms with van der Waals surface area (Å²) in [4.78, 5) is 24.3. The fourth-order valence-electron chi connectivity index (χ4n) is 2.33. The number of nitrogens with one attached hydrogen (secondary N) is 1. The molecule has 0 radical (unpaired) electrons. The van der Waals surface area contributed by atoms with Gasteiger partial charge in [0.2, 0.25) is 0 Å². The molecule has 2 rings (SSSR count). The first-order chi connectivity index (χ1) is 12.3. The molecular formula is C20H22ClNO4. The summed E-state index contributed by atoms with van der Waals surface area (Å²) < 4.78 is 11.0. The molecule has 0 fully saturated rings. The predicted octanol–water partition coefficient (Wildman–Crippen LogP) is 4.84. The highest BCUT2D eigenvalue weighted by molar-refractivity contribution is 6.32. The van der Waals surface area contributed by atoms with Crippen LogP contribution in [0, 0.1) is 5.92 Å². The Morgan fingerprint density at radius 2 is 1.88 bits per heavy atom. The van der Waals surface area contributed by atoms with Crippen LogP contribution in [0.4, 0.5) is 5.69 Å². The Morgan fingerprint density at radius 1 is 1.19 bits per heavy atom. The number of carbonyl (C=O) groups excluding carboxylic acids is 2. The van der Waals surface area contributed by atoms with Gasteiger partial charge in [0, 0.05) is 11.1 Å². The predicted molar refractivity (Wildman–Crippen MR) is 103 cm³/mol. The summed E-state index contributed by atoms with van der Waals surface area (Å²) in [5, 5.41) is 3.03. The Balaban J connectivity index is 2.30. The average molecular weight is 376 g/mol. The van der Waals surface area contributed by atoms with Crippen molar-refractivity contribution in [2.45, 2.75) is 20.8 Å². The topological polar surface area (TPSA) is 64.6 Å². The van der Waals surface area contributed by atoms with E-state index in [-0.39, 0.29) is 10.8 Å². The second kappa shape index (κ2) is 8.72. The third-order valence-corrected chi connectivity index (χ3v) is 3.89. The number of ketones is 1. The Kier molecular flexibility index (Phi) is 6.64. The lowest BCUT2D eigenvalue weighted by molar-refractivity contribution is 0.101. The van der Waals surface area contributed by atoms with E-state index in [0.29, 0.717) is 40.8 Å². The summed E-state index contributed by atoms with van der Waals surface area (Å²) in [5.41, 5.74) is 1.19. The van der Waals surface area contributed by atoms with Crippen molar-refractivity contribution in [2.24, 2.45) is 5.92 Å². The first-order valence-electron chi connectivity index (χ1n) is 8.25. The van der Waals surface area contributed by atoms with Crippen LogP contribution >= 0.6 is 11.6 Å². The van der Waals surface area contributed by atoms with E-state index < -0.39 is 5.91 Å². The number of ether oxygens (including phenoxy) is 2. The number of methoxy groups -OCH3 is 1. The van der Waals surface area contributed by atoms with Crippen LogP contribution in [0.5, 0.6) is 11.5 Å². The second-order valence-electron chi connectivity index (χ2n) is 6.25. The quantitative estimate of drug-likeness (QED) is 0.703. The number of para-hydroxylation sites is 1. The molecule has 0 bridgehead atoms. The van der Waals surface area contributed by atoms with Gasteiger partial charge in [-0.25, -0.2) is 0 Å². The number of benzene rings is 2. The molecule has 0 saturated carbocycles. The van der Waals surface area contributed by atoms with Crippen LogP contribution < -0.4 is 14.8 Å². The van der Waals surface area contributed by atoms with Gasteiger partial charge in [0.25, 0.3) is 5.91 Å². The third-order valence-electron chi connectivity index (χ3n) is 3.61. The van der Waals surface area contributed by atoms with Gasteiger partial charge in [0.15, 0.2) is 17.3 Å². The number of amides is 1. The van der Waals surface area contributed by atoms with Gasteiger partial charge in [-0.05, 0) is 37.1 Å². The standard InChI is InChI=1S/C20H22ClNO4/c1-12(2)11-26-19-16(21)9-14(10-18(19)25-4)20(24)22-17-8-6-5-7-15(17)13(3)23/h5-10,12H,11H2,1-4H3,(H,22,24). The van der Waals surface area contributed by atoms with Crippen molar-refractivity contribution in [2.75, 3.05) is 19.0 Å². The largest absolute Gasteiger partial charge is 0.493 e. The van der Waals surface area contributed by atoms with Crippen molar-refractivity contribution in [1.29, 1.82) is 0 Å². The number of carbonyl (C=O) groups is 2. The zero-order valence-corrected chi connectivity index (χ0v) is 16.0. The molecule has 1 N–H and O–H groups in total. The number of hydrogen-bond acceptors (Lipinski definition) is 4. The average Bonchev–Trinajstić information content (AvgIpc) is 2.60. The zero-order valence-electron chi connectivity index (χ0n) is 15.3. The summed E-state index contributed by atoms with van der Waals surface area (Å²) in [6.07, 6.45) is 0. The molecule has 2 aromatic rings. The Bertz CT molecular complexity index is 817. The molecule has 138 valence electrons. The molecule has 0 aliphatic carbocycles. The highest BCUT2D eigenvalue weighted by atomic mass is 35.5. The number of halogens is 1. The van der Waals surface area contributed by atoms with Crippen molar-refractivity contribution < 1.29 is 19.1 Å². The van der Waals surface area contributed by atoms with Crippen LogP contribution in [0.15, 0.2) is 36.4 Å². The van der Waals surface area contributed by atoms with Gasteiger partial charge in [-0.2, -0.15) is 0 Å². The van der Waals surface area contributed by atoms with Gasteiger partial charge >= 0.3 is 0 Å². The van der Waals surface area contributed by atoms with Gasteiger partial charge in [-0.15, -0.1) is 0 Å². The first kappa shape index (κ1) is 19.8. The van der Waals surface area contributed by atoms with Crippen LogP contribution in [0.3, 0.4) is 0 Å². The van der Waals surface area contributed by atoms with E-state index in [1.807, 2.05) is 13.8 Å². The molecular weight excluding hydrogens is 354 g/mol. The molecule has 2 aromatic carbocycles. The summed E-state index contributed by atoms with van der Waals surface area (Å²) in [6, 6.07) is 9.91. The van der Waals surface area contributed by atoms with Crippen molar-refractivity contribution in [3.63, 3.8) is 0 Å². The molecule has 0 aromatic heterocycles. The fraction of sp³-hybridized carbons (Fsp3) is 0.300. The van der Waals surface area contributed by atoms with Crippen LogP contribution in [-0.2, 0) is 0 Å². The maximum Gasteiger partial charge on any atom is 0.255 e. The van der Waals surface area contributed by atoms with Gasteiger partial charge in [-0.3, -0.25) is 9.59 Å². The third kappa shape index (κ3) is 4.76. The minimum atomic E-state index is -0.394.